The number of hydrogen-bond donors (Lipinski definition) is 1. The summed E-state index contributed by atoms with van der Waals surface area (Å²) in [6.07, 6.45) is 2.32. The van der Waals surface area contributed by atoms with Crippen LogP contribution in [0.1, 0.15) is 18.4 Å². The van der Waals surface area contributed by atoms with Crippen molar-refractivity contribution in [3.05, 3.63) is 23.8 Å². The zero-order valence-corrected chi connectivity index (χ0v) is 10.5. The molecule has 1 aromatic carbocycles. The van der Waals surface area contributed by atoms with E-state index in [1.807, 2.05) is 6.07 Å². The van der Waals surface area contributed by atoms with Gasteiger partial charge >= 0.3 is 0 Å². The Morgan fingerprint density at radius 2 is 2.17 bits per heavy atom. The fourth-order valence-electron chi connectivity index (χ4n) is 2.74. The van der Waals surface area contributed by atoms with Crippen molar-refractivity contribution in [3.8, 4) is 11.5 Å². The van der Waals surface area contributed by atoms with Gasteiger partial charge in [-0.1, -0.05) is 6.07 Å². The molecule has 1 atom stereocenters. The van der Waals surface area contributed by atoms with Gasteiger partial charge in [-0.15, -0.1) is 0 Å². The number of nitrogens with zero attached hydrogens (tertiary/aromatic N) is 1. The standard InChI is InChI=1S/C14H19NO3/c16-9-12-2-1-5-15(8-12)7-11-3-4-13-14(6-11)18-10-17-13/h3-4,6,12,16H,1-2,5,7-10H2/t12-/m1/s1. The molecule has 0 aliphatic carbocycles. The number of aliphatic hydroxyl groups excluding tert-OH is 1. The van der Waals surface area contributed by atoms with Crippen molar-refractivity contribution in [2.75, 3.05) is 26.5 Å². The molecule has 0 unspecified atom stereocenters. The van der Waals surface area contributed by atoms with Crippen LogP contribution in [0, 0.1) is 5.92 Å². The first-order valence-electron chi connectivity index (χ1n) is 6.57. The Labute approximate surface area is 107 Å². The number of ether oxygens (including phenoxy) is 2. The predicted octanol–water partition coefficient (Wildman–Crippen LogP) is 1.62. The summed E-state index contributed by atoms with van der Waals surface area (Å²) >= 11 is 0. The summed E-state index contributed by atoms with van der Waals surface area (Å²) in [5.41, 5.74) is 1.25. The van der Waals surface area contributed by atoms with Gasteiger partial charge in [0.15, 0.2) is 11.5 Å². The number of piperidine rings is 1. The molecule has 4 heteroatoms. The van der Waals surface area contributed by atoms with Gasteiger partial charge in [0.2, 0.25) is 6.79 Å². The molecule has 1 fully saturated rings. The first-order chi connectivity index (χ1) is 8.85. The molecule has 18 heavy (non-hydrogen) atoms. The Morgan fingerprint density at radius 1 is 1.28 bits per heavy atom. The summed E-state index contributed by atoms with van der Waals surface area (Å²) in [6, 6.07) is 6.13. The van der Waals surface area contributed by atoms with E-state index >= 15 is 0 Å². The molecule has 2 aliphatic rings. The molecule has 0 saturated carbocycles. The molecular formula is C14H19NO3. The minimum Gasteiger partial charge on any atom is -0.454 e. The third-order valence-electron chi connectivity index (χ3n) is 3.70. The Bertz CT molecular complexity index is 422. The van der Waals surface area contributed by atoms with Gasteiger partial charge in [0.25, 0.3) is 0 Å². The topological polar surface area (TPSA) is 41.9 Å². The summed E-state index contributed by atoms with van der Waals surface area (Å²) < 4.78 is 10.7. The van der Waals surface area contributed by atoms with Crippen LogP contribution in [0.4, 0.5) is 0 Å². The highest BCUT2D eigenvalue weighted by molar-refractivity contribution is 5.44. The average Bonchev–Trinajstić information content (AvgIpc) is 2.86. The van der Waals surface area contributed by atoms with Crippen LogP contribution < -0.4 is 9.47 Å². The number of rotatable bonds is 3. The molecular weight excluding hydrogens is 230 g/mol. The van der Waals surface area contributed by atoms with E-state index in [0.717, 1.165) is 37.6 Å². The second-order valence-electron chi connectivity index (χ2n) is 5.11. The zero-order chi connectivity index (χ0) is 12.4. The van der Waals surface area contributed by atoms with E-state index in [4.69, 9.17) is 9.47 Å². The Hall–Kier alpha value is -1.26. The largest absolute Gasteiger partial charge is 0.454 e. The molecule has 4 nitrogen and oxygen atoms in total. The molecule has 1 N–H and O–H groups in total. The van der Waals surface area contributed by atoms with Crippen molar-refractivity contribution < 1.29 is 14.6 Å². The molecule has 0 radical (unpaired) electrons. The average molecular weight is 249 g/mol. The highest BCUT2D eigenvalue weighted by atomic mass is 16.7. The quantitative estimate of drug-likeness (QED) is 0.884. The van der Waals surface area contributed by atoms with E-state index in [9.17, 15) is 5.11 Å². The number of benzene rings is 1. The minimum absolute atomic E-state index is 0.303. The summed E-state index contributed by atoms with van der Waals surface area (Å²) in [5.74, 6) is 2.13. The maximum Gasteiger partial charge on any atom is 0.231 e. The lowest BCUT2D eigenvalue weighted by Gasteiger charge is -2.31. The van der Waals surface area contributed by atoms with Crippen molar-refractivity contribution in [2.45, 2.75) is 19.4 Å². The van der Waals surface area contributed by atoms with E-state index in [0.29, 0.717) is 19.3 Å². The highest BCUT2D eigenvalue weighted by Crippen LogP contribution is 2.33. The summed E-state index contributed by atoms with van der Waals surface area (Å²) in [6.45, 7) is 3.66. The molecule has 1 aromatic rings. The number of hydrogen-bond acceptors (Lipinski definition) is 4. The van der Waals surface area contributed by atoms with E-state index in [2.05, 4.69) is 17.0 Å². The second-order valence-corrected chi connectivity index (χ2v) is 5.11. The van der Waals surface area contributed by atoms with Gasteiger partial charge in [0, 0.05) is 19.7 Å². The van der Waals surface area contributed by atoms with Crippen molar-refractivity contribution in [2.24, 2.45) is 5.92 Å². The van der Waals surface area contributed by atoms with Gasteiger partial charge in [-0.2, -0.15) is 0 Å². The van der Waals surface area contributed by atoms with Gasteiger partial charge in [-0.3, -0.25) is 4.90 Å². The van der Waals surface area contributed by atoms with Crippen LogP contribution >= 0.6 is 0 Å². The monoisotopic (exact) mass is 249 g/mol. The van der Waals surface area contributed by atoms with Crippen LogP contribution in [0.25, 0.3) is 0 Å². The molecule has 1 saturated heterocycles. The van der Waals surface area contributed by atoms with Gasteiger partial charge < -0.3 is 14.6 Å². The summed E-state index contributed by atoms with van der Waals surface area (Å²) in [4.78, 5) is 2.40. The number of aliphatic hydroxyl groups is 1. The van der Waals surface area contributed by atoms with Gasteiger partial charge in [0.1, 0.15) is 0 Å². The third-order valence-corrected chi connectivity index (χ3v) is 3.70. The number of likely N-dealkylation sites (tertiary alicyclic amines) is 1. The van der Waals surface area contributed by atoms with Crippen LogP contribution in [0.15, 0.2) is 18.2 Å². The lowest BCUT2D eigenvalue weighted by atomic mass is 9.98. The van der Waals surface area contributed by atoms with Crippen LogP contribution in [-0.2, 0) is 6.54 Å². The van der Waals surface area contributed by atoms with Gasteiger partial charge in [-0.25, -0.2) is 0 Å². The third kappa shape index (κ3) is 2.44. The SMILES string of the molecule is OC[C@@H]1CCCN(Cc2ccc3c(c2)OCO3)C1. The smallest absolute Gasteiger partial charge is 0.231 e. The lowest BCUT2D eigenvalue weighted by molar-refractivity contribution is 0.116. The van der Waals surface area contributed by atoms with Gasteiger partial charge in [-0.05, 0) is 43.0 Å². The van der Waals surface area contributed by atoms with E-state index in [-0.39, 0.29) is 0 Å². The maximum atomic E-state index is 9.24. The first-order valence-corrected chi connectivity index (χ1v) is 6.57. The van der Waals surface area contributed by atoms with Crippen LogP contribution in [-0.4, -0.2) is 36.5 Å². The minimum atomic E-state index is 0.303. The van der Waals surface area contributed by atoms with Crippen LogP contribution in [0.5, 0.6) is 11.5 Å². The van der Waals surface area contributed by atoms with Crippen molar-refractivity contribution in [1.29, 1.82) is 0 Å². The van der Waals surface area contributed by atoms with Crippen LogP contribution in [0.2, 0.25) is 0 Å². The molecule has 0 amide bonds. The summed E-state index contributed by atoms with van der Waals surface area (Å²) in [7, 11) is 0. The summed E-state index contributed by atoms with van der Waals surface area (Å²) in [5, 5.41) is 9.24. The van der Waals surface area contributed by atoms with Crippen LogP contribution in [0.3, 0.4) is 0 Å². The Balaban J connectivity index is 1.65. The van der Waals surface area contributed by atoms with Crippen molar-refractivity contribution in [3.63, 3.8) is 0 Å². The van der Waals surface area contributed by atoms with Gasteiger partial charge in [0.05, 0.1) is 0 Å². The maximum absolute atomic E-state index is 9.24. The molecule has 0 aromatic heterocycles. The van der Waals surface area contributed by atoms with Crippen molar-refractivity contribution in [1.82, 2.24) is 4.90 Å². The molecule has 2 aliphatic heterocycles. The van der Waals surface area contributed by atoms with E-state index < -0.39 is 0 Å². The normalized spacial score (nSPS) is 23.3. The molecule has 0 spiro atoms. The second kappa shape index (κ2) is 5.16. The molecule has 98 valence electrons. The first kappa shape index (κ1) is 11.8. The molecule has 0 bridgehead atoms. The lowest BCUT2D eigenvalue weighted by Crippen LogP contribution is -2.36. The Morgan fingerprint density at radius 3 is 3.06 bits per heavy atom. The van der Waals surface area contributed by atoms with Crippen molar-refractivity contribution >= 4 is 0 Å². The zero-order valence-electron chi connectivity index (χ0n) is 10.5. The van der Waals surface area contributed by atoms with E-state index in [1.54, 1.807) is 0 Å². The number of fused-ring (bicyclic) bond motifs is 1. The molecule has 2 heterocycles. The predicted molar refractivity (Wildman–Crippen MR) is 67.7 cm³/mol. The fraction of sp³-hybridized carbons (Fsp3) is 0.571. The highest BCUT2D eigenvalue weighted by Gasteiger charge is 2.20. The Kier molecular flexibility index (Phi) is 3.39. The fourth-order valence-corrected chi connectivity index (χ4v) is 2.74. The molecule has 3 rings (SSSR count). The van der Waals surface area contributed by atoms with E-state index in [1.165, 1.54) is 12.0 Å².